The summed E-state index contributed by atoms with van der Waals surface area (Å²) in [5, 5.41) is 11.0. The minimum Gasteiger partial charge on any atom is -0.348 e. The SMILES string of the molecule is CC(C1OCCO1)n1ncc(C(=O)N(C)c2ccnnc2)c1C(F)(F)F. The Bertz CT molecular complexity index is 775. The lowest BCUT2D eigenvalue weighted by Gasteiger charge is -2.22. The summed E-state index contributed by atoms with van der Waals surface area (Å²) in [6.07, 6.45) is -2.13. The van der Waals surface area contributed by atoms with Crippen LogP contribution >= 0.6 is 0 Å². The fourth-order valence-corrected chi connectivity index (χ4v) is 2.66. The van der Waals surface area contributed by atoms with E-state index in [1.807, 2.05) is 0 Å². The summed E-state index contributed by atoms with van der Waals surface area (Å²) in [6, 6.07) is 0.606. The van der Waals surface area contributed by atoms with Crippen molar-refractivity contribution < 1.29 is 27.4 Å². The maximum atomic E-state index is 13.7. The first-order valence-electron chi connectivity index (χ1n) is 7.73. The van der Waals surface area contributed by atoms with Crippen LogP contribution < -0.4 is 4.90 Å². The van der Waals surface area contributed by atoms with Crippen molar-refractivity contribution in [2.75, 3.05) is 25.2 Å². The molecule has 2 aromatic heterocycles. The monoisotopic (exact) mass is 371 g/mol. The Morgan fingerprint density at radius 3 is 2.58 bits per heavy atom. The quantitative estimate of drug-likeness (QED) is 0.817. The van der Waals surface area contributed by atoms with Gasteiger partial charge in [0.15, 0.2) is 12.0 Å². The zero-order valence-corrected chi connectivity index (χ0v) is 14.0. The number of alkyl halides is 3. The fraction of sp³-hybridized carbons (Fsp3) is 0.467. The molecule has 1 amide bonds. The predicted octanol–water partition coefficient (Wildman–Crippen LogP) is 1.90. The highest BCUT2D eigenvalue weighted by Crippen LogP contribution is 2.35. The van der Waals surface area contributed by atoms with Gasteiger partial charge in [0.05, 0.1) is 43.1 Å². The average Bonchev–Trinajstić information content (AvgIpc) is 3.29. The van der Waals surface area contributed by atoms with Crippen LogP contribution in [0, 0.1) is 0 Å². The van der Waals surface area contributed by atoms with E-state index in [1.54, 1.807) is 0 Å². The van der Waals surface area contributed by atoms with Crippen molar-refractivity contribution in [3.8, 4) is 0 Å². The maximum absolute atomic E-state index is 13.7. The first kappa shape index (κ1) is 18.3. The van der Waals surface area contributed by atoms with Crippen LogP contribution in [-0.2, 0) is 15.7 Å². The summed E-state index contributed by atoms with van der Waals surface area (Å²) in [4.78, 5) is 13.7. The number of rotatable bonds is 4. The second-order valence-electron chi connectivity index (χ2n) is 5.66. The molecular formula is C15H16F3N5O3. The van der Waals surface area contributed by atoms with Gasteiger partial charge in [-0.1, -0.05) is 0 Å². The van der Waals surface area contributed by atoms with Crippen LogP contribution in [-0.4, -0.2) is 52.4 Å². The number of amides is 1. The topological polar surface area (TPSA) is 82.4 Å². The summed E-state index contributed by atoms with van der Waals surface area (Å²) in [7, 11) is 1.35. The van der Waals surface area contributed by atoms with Gasteiger partial charge < -0.3 is 14.4 Å². The van der Waals surface area contributed by atoms with Crippen molar-refractivity contribution in [2.24, 2.45) is 0 Å². The zero-order valence-electron chi connectivity index (χ0n) is 14.0. The number of hydrogen-bond acceptors (Lipinski definition) is 6. The Kier molecular flexibility index (Phi) is 4.92. The van der Waals surface area contributed by atoms with Gasteiger partial charge >= 0.3 is 6.18 Å². The molecule has 0 saturated carbocycles. The highest BCUT2D eigenvalue weighted by molar-refractivity contribution is 6.06. The van der Waals surface area contributed by atoms with Gasteiger partial charge in [-0.05, 0) is 13.0 Å². The van der Waals surface area contributed by atoms with E-state index in [4.69, 9.17) is 9.47 Å². The Labute approximate surface area is 146 Å². The second kappa shape index (κ2) is 7.00. The normalized spacial score (nSPS) is 16.7. The summed E-state index contributed by atoms with van der Waals surface area (Å²) in [5.74, 6) is -0.864. The lowest BCUT2D eigenvalue weighted by molar-refractivity contribution is -0.149. The van der Waals surface area contributed by atoms with Crippen molar-refractivity contribution in [3.63, 3.8) is 0 Å². The number of nitrogens with zero attached hydrogens (tertiary/aromatic N) is 5. The molecule has 8 nitrogen and oxygen atoms in total. The number of carbonyl (C=O) groups excluding carboxylic acids is 1. The van der Waals surface area contributed by atoms with Gasteiger partial charge in [0, 0.05) is 7.05 Å². The average molecular weight is 371 g/mol. The van der Waals surface area contributed by atoms with E-state index in [1.165, 1.54) is 32.4 Å². The van der Waals surface area contributed by atoms with E-state index < -0.39 is 35.7 Å². The van der Waals surface area contributed by atoms with Crippen molar-refractivity contribution in [3.05, 3.63) is 35.9 Å². The third-order valence-corrected chi connectivity index (χ3v) is 3.98. The Morgan fingerprint density at radius 1 is 1.31 bits per heavy atom. The highest BCUT2D eigenvalue weighted by atomic mass is 19.4. The molecule has 1 aliphatic rings. The molecular weight excluding hydrogens is 355 g/mol. The lowest BCUT2D eigenvalue weighted by Crippen LogP contribution is -2.31. The summed E-state index contributed by atoms with van der Waals surface area (Å²) >= 11 is 0. The first-order chi connectivity index (χ1) is 12.3. The van der Waals surface area contributed by atoms with Crippen molar-refractivity contribution in [1.29, 1.82) is 0 Å². The lowest BCUT2D eigenvalue weighted by atomic mass is 10.2. The number of hydrogen-bond donors (Lipinski definition) is 0. The first-order valence-corrected chi connectivity index (χ1v) is 7.73. The molecule has 1 fully saturated rings. The van der Waals surface area contributed by atoms with Gasteiger partial charge in [0.1, 0.15) is 6.04 Å². The molecule has 2 aromatic rings. The molecule has 3 rings (SSSR count). The second-order valence-corrected chi connectivity index (χ2v) is 5.66. The molecule has 11 heteroatoms. The Balaban J connectivity index is 1.98. The van der Waals surface area contributed by atoms with Crippen LogP contribution in [0.4, 0.5) is 18.9 Å². The van der Waals surface area contributed by atoms with Gasteiger partial charge in [-0.25, -0.2) is 0 Å². The van der Waals surface area contributed by atoms with Gasteiger partial charge in [-0.15, -0.1) is 0 Å². The Morgan fingerprint density at radius 2 is 2.00 bits per heavy atom. The molecule has 0 spiro atoms. The smallest absolute Gasteiger partial charge is 0.348 e. The van der Waals surface area contributed by atoms with Gasteiger partial charge in [-0.2, -0.15) is 28.5 Å². The molecule has 0 bridgehead atoms. The number of halogens is 3. The molecule has 0 N–H and O–H groups in total. The van der Waals surface area contributed by atoms with Crippen LogP contribution in [0.15, 0.2) is 24.7 Å². The minimum absolute atomic E-state index is 0.293. The standard InChI is InChI=1S/C15H16F3N5O3/c1-9(14-25-5-6-26-14)23-12(15(16,17)18)11(8-21-23)13(24)22(2)10-3-4-19-20-7-10/h3-4,7-9,14H,5-6H2,1-2H3. The van der Waals surface area contributed by atoms with Crippen molar-refractivity contribution >= 4 is 11.6 Å². The third kappa shape index (κ3) is 3.40. The van der Waals surface area contributed by atoms with E-state index in [-0.39, 0.29) is 0 Å². The van der Waals surface area contributed by atoms with E-state index >= 15 is 0 Å². The van der Waals surface area contributed by atoms with E-state index in [0.29, 0.717) is 18.9 Å². The fourth-order valence-electron chi connectivity index (χ4n) is 2.66. The van der Waals surface area contributed by atoms with E-state index in [0.717, 1.165) is 15.8 Å². The molecule has 1 saturated heterocycles. The molecule has 1 aliphatic heterocycles. The molecule has 0 radical (unpaired) electrons. The van der Waals surface area contributed by atoms with Crippen molar-refractivity contribution in [2.45, 2.75) is 25.4 Å². The maximum Gasteiger partial charge on any atom is 0.433 e. The van der Waals surface area contributed by atoms with Crippen LogP contribution in [0.1, 0.15) is 29.0 Å². The summed E-state index contributed by atoms with van der Waals surface area (Å²) < 4.78 is 52.3. The third-order valence-electron chi connectivity index (χ3n) is 3.98. The molecule has 140 valence electrons. The van der Waals surface area contributed by atoms with Crippen molar-refractivity contribution in [1.82, 2.24) is 20.0 Å². The van der Waals surface area contributed by atoms with Gasteiger partial charge in [-0.3, -0.25) is 9.48 Å². The molecule has 1 atom stereocenters. The van der Waals surface area contributed by atoms with E-state index in [2.05, 4.69) is 15.3 Å². The Hall–Kier alpha value is -2.53. The van der Waals surface area contributed by atoms with E-state index in [9.17, 15) is 18.0 Å². The molecule has 26 heavy (non-hydrogen) atoms. The molecule has 0 aliphatic carbocycles. The highest BCUT2D eigenvalue weighted by Gasteiger charge is 2.43. The van der Waals surface area contributed by atoms with Crippen LogP contribution in [0.3, 0.4) is 0 Å². The number of anilines is 1. The molecule has 0 aromatic carbocycles. The van der Waals surface area contributed by atoms with Crippen LogP contribution in [0.5, 0.6) is 0 Å². The summed E-state index contributed by atoms with van der Waals surface area (Å²) in [6.45, 7) is 2.07. The van der Waals surface area contributed by atoms with Gasteiger partial charge in [0.2, 0.25) is 0 Å². The number of carbonyl (C=O) groups is 1. The van der Waals surface area contributed by atoms with Crippen LogP contribution in [0.2, 0.25) is 0 Å². The number of aromatic nitrogens is 4. The predicted molar refractivity (Wildman–Crippen MR) is 82.4 cm³/mol. The zero-order chi connectivity index (χ0) is 18.9. The molecule has 3 heterocycles. The minimum atomic E-state index is -4.79. The largest absolute Gasteiger partial charge is 0.433 e. The van der Waals surface area contributed by atoms with Gasteiger partial charge in [0.25, 0.3) is 5.91 Å². The molecule has 1 unspecified atom stereocenters. The summed E-state index contributed by atoms with van der Waals surface area (Å²) in [5.41, 5.74) is -1.41. The van der Waals surface area contributed by atoms with Crippen LogP contribution in [0.25, 0.3) is 0 Å². The number of ether oxygens (including phenoxy) is 2.